The van der Waals surface area contributed by atoms with Crippen molar-refractivity contribution < 1.29 is 18.7 Å². The van der Waals surface area contributed by atoms with Gasteiger partial charge in [0.25, 0.3) is 5.91 Å². The molecule has 1 saturated carbocycles. The third kappa shape index (κ3) is 2.95. The summed E-state index contributed by atoms with van der Waals surface area (Å²) in [4.78, 5) is 28.6. The van der Waals surface area contributed by atoms with Gasteiger partial charge in [-0.05, 0) is 24.8 Å². The number of para-hydroxylation sites is 1. The molecule has 0 N–H and O–H groups in total. The summed E-state index contributed by atoms with van der Waals surface area (Å²) < 4.78 is 19.7. The summed E-state index contributed by atoms with van der Waals surface area (Å²) in [5.41, 5.74) is 1.14. The van der Waals surface area contributed by atoms with Crippen LogP contribution >= 0.6 is 0 Å². The number of anilines is 1. The van der Waals surface area contributed by atoms with Gasteiger partial charge in [-0.25, -0.2) is 4.39 Å². The van der Waals surface area contributed by atoms with E-state index >= 15 is 0 Å². The molecule has 3 aliphatic rings. The zero-order valence-corrected chi connectivity index (χ0v) is 14.0. The highest BCUT2D eigenvalue weighted by atomic mass is 19.1. The normalized spacial score (nSPS) is 22.3. The predicted molar refractivity (Wildman–Crippen MR) is 91.5 cm³/mol. The maximum Gasteiger partial charge on any atom is 0.259 e. The summed E-state index contributed by atoms with van der Waals surface area (Å²) in [6.45, 7) is 2.55. The Morgan fingerprint density at radius 1 is 1.28 bits per heavy atom. The van der Waals surface area contributed by atoms with Crippen molar-refractivity contribution in [2.75, 3.05) is 37.7 Å². The monoisotopic (exact) mass is 344 g/mol. The van der Waals surface area contributed by atoms with E-state index in [9.17, 15) is 14.0 Å². The molecule has 0 spiro atoms. The van der Waals surface area contributed by atoms with Gasteiger partial charge >= 0.3 is 0 Å². The highest BCUT2D eigenvalue weighted by Crippen LogP contribution is 2.41. The molecule has 0 bridgehead atoms. The van der Waals surface area contributed by atoms with E-state index in [1.807, 2.05) is 0 Å². The average Bonchev–Trinajstić information content (AvgIpc) is 2.85. The molecule has 132 valence electrons. The van der Waals surface area contributed by atoms with Crippen LogP contribution in [0.2, 0.25) is 0 Å². The summed E-state index contributed by atoms with van der Waals surface area (Å²) in [5.74, 6) is -0.473. The SMILES string of the molecule is O=C(/C=C1/C(=O)N(CC2CCC2)c2c(F)cccc21)N1CCOCC1. The van der Waals surface area contributed by atoms with E-state index in [1.165, 1.54) is 17.0 Å². The van der Waals surface area contributed by atoms with Crippen molar-refractivity contribution in [2.45, 2.75) is 19.3 Å². The minimum Gasteiger partial charge on any atom is -0.378 e. The zero-order valence-electron chi connectivity index (χ0n) is 14.0. The van der Waals surface area contributed by atoms with E-state index in [-0.39, 0.29) is 11.8 Å². The number of benzene rings is 1. The van der Waals surface area contributed by atoms with E-state index in [4.69, 9.17) is 4.74 Å². The van der Waals surface area contributed by atoms with Crippen LogP contribution in [0.15, 0.2) is 24.3 Å². The molecule has 2 heterocycles. The molecule has 1 saturated heterocycles. The Morgan fingerprint density at radius 3 is 2.72 bits per heavy atom. The highest BCUT2D eigenvalue weighted by Gasteiger charge is 2.37. The number of amides is 2. The molecule has 0 radical (unpaired) electrons. The molecule has 25 heavy (non-hydrogen) atoms. The summed E-state index contributed by atoms with van der Waals surface area (Å²) in [7, 11) is 0. The van der Waals surface area contributed by atoms with E-state index in [0.29, 0.717) is 55.6 Å². The molecule has 6 heteroatoms. The molecule has 1 aromatic carbocycles. The van der Waals surface area contributed by atoms with Crippen LogP contribution in [-0.4, -0.2) is 49.6 Å². The standard InChI is InChI=1S/C19H21FN2O3/c20-16-6-2-5-14-15(11-17(23)21-7-9-25-10-8-21)19(24)22(18(14)16)12-13-3-1-4-13/h2,5-6,11,13H,1,3-4,7-10,12H2/b15-11+. The first kappa shape index (κ1) is 16.3. The molecule has 0 atom stereocenters. The molecule has 2 amide bonds. The van der Waals surface area contributed by atoms with Crippen LogP contribution in [0.25, 0.3) is 5.57 Å². The van der Waals surface area contributed by atoms with Gasteiger partial charge in [0.1, 0.15) is 5.82 Å². The topological polar surface area (TPSA) is 49.9 Å². The van der Waals surface area contributed by atoms with Gasteiger partial charge in [-0.15, -0.1) is 0 Å². The largest absolute Gasteiger partial charge is 0.378 e. The maximum absolute atomic E-state index is 14.4. The van der Waals surface area contributed by atoms with Gasteiger partial charge in [0.05, 0.1) is 24.5 Å². The Balaban J connectivity index is 1.66. The van der Waals surface area contributed by atoms with Crippen LogP contribution in [-0.2, 0) is 14.3 Å². The number of ether oxygens (including phenoxy) is 1. The first-order valence-corrected chi connectivity index (χ1v) is 8.84. The molecule has 1 aliphatic carbocycles. The summed E-state index contributed by atoms with van der Waals surface area (Å²) >= 11 is 0. The predicted octanol–water partition coefficient (Wildman–Crippen LogP) is 2.21. The van der Waals surface area contributed by atoms with Crippen LogP contribution < -0.4 is 4.90 Å². The van der Waals surface area contributed by atoms with Gasteiger partial charge < -0.3 is 14.5 Å². The lowest BCUT2D eigenvalue weighted by Crippen LogP contribution is -2.40. The Labute approximate surface area is 146 Å². The lowest BCUT2D eigenvalue weighted by molar-refractivity contribution is -0.130. The first-order chi connectivity index (χ1) is 12.1. The molecule has 0 aromatic heterocycles. The van der Waals surface area contributed by atoms with Crippen molar-refractivity contribution in [1.82, 2.24) is 4.90 Å². The third-order valence-electron chi connectivity index (χ3n) is 5.28. The highest BCUT2D eigenvalue weighted by molar-refractivity contribution is 6.34. The van der Waals surface area contributed by atoms with Gasteiger partial charge in [-0.2, -0.15) is 0 Å². The minimum absolute atomic E-state index is 0.215. The Hall–Kier alpha value is -2.21. The van der Waals surface area contributed by atoms with Crippen LogP contribution in [0, 0.1) is 11.7 Å². The second kappa shape index (κ2) is 6.59. The molecule has 2 aliphatic heterocycles. The summed E-state index contributed by atoms with van der Waals surface area (Å²) in [6.07, 6.45) is 4.67. The molecular weight excluding hydrogens is 323 g/mol. The number of hydrogen-bond donors (Lipinski definition) is 0. The second-order valence-electron chi connectivity index (χ2n) is 6.84. The minimum atomic E-state index is -0.410. The number of carbonyl (C=O) groups excluding carboxylic acids is 2. The number of rotatable bonds is 3. The van der Waals surface area contributed by atoms with E-state index in [0.717, 1.165) is 19.3 Å². The van der Waals surface area contributed by atoms with Gasteiger partial charge in [-0.3, -0.25) is 9.59 Å². The molecule has 4 rings (SSSR count). The number of carbonyl (C=O) groups is 2. The van der Waals surface area contributed by atoms with E-state index in [2.05, 4.69) is 0 Å². The van der Waals surface area contributed by atoms with E-state index < -0.39 is 5.82 Å². The van der Waals surface area contributed by atoms with Gasteiger partial charge in [0, 0.05) is 31.3 Å². The lowest BCUT2D eigenvalue weighted by atomic mass is 9.85. The maximum atomic E-state index is 14.4. The van der Waals surface area contributed by atoms with E-state index in [1.54, 1.807) is 17.0 Å². The van der Waals surface area contributed by atoms with Crippen molar-refractivity contribution in [3.8, 4) is 0 Å². The second-order valence-corrected chi connectivity index (χ2v) is 6.84. The number of morpholine rings is 1. The fourth-order valence-corrected chi connectivity index (χ4v) is 3.61. The van der Waals surface area contributed by atoms with Crippen molar-refractivity contribution in [2.24, 2.45) is 5.92 Å². The van der Waals surface area contributed by atoms with Crippen LogP contribution in [0.4, 0.5) is 10.1 Å². The smallest absolute Gasteiger partial charge is 0.259 e. The molecule has 1 aromatic rings. The fourth-order valence-electron chi connectivity index (χ4n) is 3.61. The van der Waals surface area contributed by atoms with Crippen molar-refractivity contribution >= 4 is 23.1 Å². The molecular formula is C19H21FN2O3. The lowest BCUT2D eigenvalue weighted by Gasteiger charge is -2.30. The van der Waals surface area contributed by atoms with Crippen molar-refractivity contribution in [1.29, 1.82) is 0 Å². The van der Waals surface area contributed by atoms with Crippen LogP contribution in [0.3, 0.4) is 0 Å². The van der Waals surface area contributed by atoms with Crippen LogP contribution in [0.1, 0.15) is 24.8 Å². The number of halogens is 1. The van der Waals surface area contributed by atoms with Crippen molar-refractivity contribution in [3.05, 3.63) is 35.7 Å². The summed E-state index contributed by atoms with van der Waals surface area (Å²) in [6, 6.07) is 4.67. The van der Waals surface area contributed by atoms with Gasteiger partial charge in [0.15, 0.2) is 0 Å². The van der Waals surface area contributed by atoms with Crippen LogP contribution in [0.5, 0.6) is 0 Å². The number of nitrogens with zero attached hydrogens (tertiary/aromatic N) is 2. The molecule has 0 unspecified atom stereocenters. The number of hydrogen-bond acceptors (Lipinski definition) is 3. The zero-order chi connectivity index (χ0) is 17.4. The van der Waals surface area contributed by atoms with Gasteiger partial charge in [0.2, 0.25) is 5.91 Å². The van der Waals surface area contributed by atoms with Gasteiger partial charge in [-0.1, -0.05) is 18.6 Å². The average molecular weight is 344 g/mol. The van der Waals surface area contributed by atoms with Crippen molar-refractivity contribution in [3.63, 3.8) is 0 Å². The summed E-state index contributed by atoms with van der Waals surface area (Å²) in [5, 5.41) is 0. The Morgan fingerprint density at radius 2 is 2.04 bits per heavy atom. The third-order valence-corrected chi connectivity index (χ3v) is 5.28. The quantitative estimate of drug-likeness (QED) is 0.790. The Kier molecular flexibility index (Phi) is 4.29. The Bertz CT molecular complexity index is 736. The fraction of sp³-hybridized carbons (Fsp3) is 0.474. The first-order valence-electron chi connectivity index (χ1n) is 8.84. The number of fused-ring (bicyclic) bond motifs is 1. The molecule has 5 nitrogen and oxygen atoms in total. The molecule has 2 fully saturated rings.